The van der Waals surface area contributed by atoms with Gasteiger partial charge in [-0.1, -0.05) is 12.1 Å². The number of nitrogens with zero attached hydrogens (tertiary/aromatic N) is 1. The van der Waals surface area contributed by atoms with Crippen molar-refractivity contribution < 1.29 is 14.3 Å². The maximum atomic E-state index is 12.0. The Labute approximate surface area is 142 Å². The molecular formula is C18H23N3O3. The second-order valence-corrected chi connectivity index (χ2v) is 5.57. The van der Waals surface area contributed by atoms with Gasteiger partial charge in [-0.2, -0.15) is 5.26 Å². The normalized spacial score (nSPS) is 17.2. The smallest absolute Gasteiger partial charge is 0.263 e. The van der Waals surface area contributed by atoms with Crippen molar-refractivity contribution in [3.8, 4) is 11.8 Å². The zero-order valence-electron chi connectivity index (χ0n) is 13.9. The summed E-state index contributed by atoms with van der Waals surface area (Å²) in [5, 5.41) is 14.9. The number of ether oxygens (including phenoxy) is 2. The minimum absolute atomic E-state index is 0.0720. The second kappa shape index (κ2) is 9.58. The van der Waals surface area contributed by atoms with E-state index in [9.17, 15) is 4.79 Å². The van der Waals surface area contributed by atoms with E-state index in [1.54, 1.807) is 7.11 Å². The Hall–Kier alpha value is -2.52. The highest BCUT2D eigenvalue weighted by molar-refractivity contribution is 5.97. The van der Waals surface area contributed by atoms with Gasteiger partial charge in [-0.15, -0.1) is 0 Å². The molecule has 6 nitrogen and oxygen atoms in total. The number of carbonyl (C=O) groups excluding carboxylic acids is 1. The zero-order chi connectivity index (χ0) is 17.2. The highest BCUT2D eigenvalue weighted by Crippen LogP contribution is 2.11. The number of hydrogen-bond donors (Lipinski definition) is 2. The molecule has 0 spiro atoms. The number of nitriles is 1. The van der Waals surface area contributed by atoms with Crippen LogP contribution in [-0.2, 0) is 16.0 Å². The molecular weight excluding hydrogens is 306 g/mol. The summed E-state index contributed by atoms with van der Waals surface area (Å²) in [6.45, 7) is 1.87. The van der Waals surface area contributed by atoms with Crippen molar-refractivity contribution in [2.24, 2.45) is 0 Å². The molecule has 1 aromatic rings. The van der Waals surface area contributed by atoms with Crippen molar-refractivity contribution >= 4 is 5.91 Å². The summed E-state index contributed by atoms with van der Waals surface area (Å²) in [5.74, 6) is 0.431. The van der Waals surface area contributed by atoms with Crippen LogP contribution in [0, 0.1) is 11.3 Å². The molecule has 0 bridgehead atoms. The Morgan fingerprint density at radius 2 is 2.25 bits per heavy atom. The van der Waals surface area contributed by atoms with Crippen LogP contribution in [0.4, 0.5) is 0 Å². The molecule has 1 aromatic carbocycles. The molecule has 1 saturated heterocycles. The van der Waals surface area contributed by atoms with E-state index in [0.29, 0.717) is 19.5 Å². The number of hydrogen-bond acceptors (Lipinski definition) is 5. The molecule has 1 unspecified atom stereocenters. The summed E-state index contributed by atoms with van der Waals surface area (Å²) in [6, 6.07) is 9.59. The highest BCUT2D eigenvalue weighted by atomic mass is 16.5. The number of amides is 1. The molecule has 1 aliphatic rings. The van der Waals surface area contributed by atoms with E-state index in [4.69, 9.17) is 14.7 Å². The van der Waals surface area contributed by atoms with Gasteiger partial charge in [0.15, 0.2) is 0 Å². The lowest BCUT2D eigenvalue weighted by atomic mass is 10.1. The molecule has 0 radical (unpaired) electrons. The molecule has 1 aliphatic heterocycles. The quantitative estimate of drug-likeness (QED) is 0.558. The van der Waals surface area contributed by atoms with Crippen LogP contribution >= 0.6 is 0 Å². The first-order valence-electron chi connectivity index (χ1n) is 8.09. The van der Waals surface area contributed by atoms with Gasteiger partial charge in [0.25, 0.3) is 5.91 Å². The van der Waals surface area contributed by atoms with Crippen LogP contribution in [-0.4, -0.2) is 38.8 Å². The monoisotopic (exact) mass is 329 g/mol. The van der Waals surface area contributed by atoms with E-state index in [1.807, 2.05) is 30.3 Å². The minimum Gasteiger partial charge on any atom is -0.497 e. The molecule has 2 rings (SSSR count). The third-order valence-corrected chi connectivity index (χ3v) is 3.84. The van der Waals surface area contributed by atoms with Gasteiger partial charge in [0.2, 0.25) is 0 Å². The Morgan fingerprint density at radius 1 is 1.46 bits per heavy atom. The molecule has 6 heteroatoms. The molecule has 0 saturated carbocycles. The van der Waals surface area contributed by atoms with Gasteiger partial charge >= 0.3 is 0 Å². The summed E-state index contributed by atoms with van der Waals surface area (Å²) in [6.07, 6.45) is 4.39. The van der Waals surface area contributed by atoms with Gasteiger partial charge < -0.3 is 20.1 Å². The largest absolute Gasteiger partial charge is 0.497 e. The van der Waals surface area contributed by atoms with Crippen molar-refractivity contribution in [2.75, 3.05) is 26.8 Å². The molecule has 2 N–H and O–H groups in total. The van der Waals surface area contributed by atoms with Crippen molar-refractivity contribution in [3.05, 3.63) is 41.6 Å². The van der Waals surface area contributed by atoms with Gasteiger partial charge in [-0.25, -0.2) is 0 Å². The van der Waals surface area contributed by atoms with Gasteiger partial charge in [-0.3, -0.25) is 4.79 Å². The maximum Gasteiger partial charge on any atom is 0.263 e. The Bertz CT molecular complexity index is 599. The maximum absolute atomic E-state index is 12.0. The van der Waals surface area contributed by atoms with Crippen LogP contribution in [0.15, 0.2) is 36.0 Å². The third-order valence-electron chi connectivity index (χ3n) is 3.84. The molecule has 0 aliphatic carbocycles. The molecule has 1 fully saturated rings. The lowest BCUT2D eigenvalue weighted by Crippen LogP contribution is -2.29. The summed E-state index contributed by atoms with van der Waals surface area (Å²) < 4.78 is 10.6. The number of nitrogens with one attached hydrogen (secondary N) is 2. The van der Waals surface area contributed by atoms with E-state index < -0.39 is 0 Å². The van der Waals surface area contributed by atoms with E-state index in [1.165, 1.54) is 6.20 Å². The van der Waals surface area contributed by atoms with E-state index in [-0.39, 0.29) is 17.6 Å². The average Bonchev–Trinajstić information content (AvgIpc) is 3.12. The third kappa shape index (κ3) is 5.60. The van der Waals surface area contributed by atoms with Crippen molar-refractivity contribution in [3.63, 3.8) is 0 Å². The molecule has 1 heterocycles. The topological polar surface area (TPSA) is 83.4 Å². The number of rotatable bonds is 8. The van der Waals surface area contributed by atoms with E-state index >= 15 is 0 Å². The van der Waals surface area contributed by atoms with Crippen LogP contribution in [0.3, 0.4) is 0 Å². The number of methoxy groups -OCH3 is 1. The first kappa shape index (κ1) is 17.8. The van der Waals surface area contributed by atoms with Crippen molar-refractivity contribution in [1.82, 2.24) is 10.6 Å². The summed E-state index contributed by atoms with van der Waals surface area (Å²) >= 11 is 0. The van der Waals surface area contributed by atoms with Gasteiger partial charge in [-0.05, 0) is 37.0 Å². The fourth-order valence-electron chi connectivity index (χ4n) is 2.45. The van der Waals surface area contributed by atoms with Crippen LogP contribution in [0.2, 0.25) is 0 Å². The SMILES string of the molecule is COc1ccc(CCNC(=O)/C(C#N)=C\NCC2CCCO2)cc1. The van der Waals surface area contributed by atoms with Crippen LogP contribution in [0.5, 0.6) is 5.75 Å². The number of carbonyl (C=O) groups is 1. The van der Waals surface area contributed by atoms with Crippen molar-refractivity contribution in [1.29, 1.82) is 5.26 Å². The first-order valence-corrected chi connectivity index (χ1v) is 8.09. The van der Waals surface area contributed by atoms with Crippen LogP contribution in [0.25, 0.3) is 0 Å². The van der Waals surface area contributed by atoms with Crippen molar-refractivity contribution in [2.45, 2.75) is 25.4 Å². The first-order chi connectivity index (χ1) is 11.7. The lowest BCUT2D eigenvalue weighted by Gasteiger charge is -2.09. The fourth-order valence-corrected chi connectivity index (χ4v) is 2.45. The standard InChI is InChI=1S/C18H23N3O3/c1-23-16-6-4-14(5-7-16)8-9-21-18(22)15(11-19)12-20-13-17-3-2-10-24-17/h4-7,12,17,20H,2-3,8-10,13H2,1H3,(H,21,22)/b15-12-. The summed E-state index contributed by atoms with van der Waals surface area (Å²) in [4.78, 5) is 12.0. The van der Waals surface area contributed by atoms with Crippen LogP contribution < -0.4 is 15.4 Å². The molecule has 128 valence electrons. The Morgan fingerprint density at radius 3 is 2.88 bits per heavy atom. The Kier molecular flexibility index (Phi) is 7.12. The second-order valence-electron chi connectivity index (χ2n) is 5.57. The van der Waals surface area contributed by atoms with Gasteiger partial charge in [0.1, 0.15) is 17.4 Å². The fraction of sp³-hybridized carbons (Fsp3) is 0.444. The predicted octanol–water partition coefficient (Wildman–Crippen LogP) is 1.53. The van der Waals surface area contributed by atoms with E-state index in [0.717, 1.165) is 30.8 Å². The lowest BCUT2D eigenvalue weighted by molar-refractivity contribution is -0.117. The molecule has 1 atom stereocenters. The van der Waals surface area contributed by atoms with Gasteiger partial charge in [0.05, 0.1) is 13.2 Å². The average molecular weight is 329 g/mol. The minimum atomic E-state index is -0.370. The predicted molar refractivity (Wildman–Crippen MR) is 90.4 cm³/mol. The summed E-state index contributed by atoms with van der Waals surface area (Å²) in [5.41, 5.74) is 1.16. The molecule has 1 amide bonds. The van der Waals surface area contributed by atoms with Crippen LogP contribution in [0.1, 0.15) is 18.4 Å². The van der Waals surface area contributed by atoms with Gasteiger partial charge in [0, 0.05) is 25.9 Å². The number of benzene rings is 1. The van der Waals surface area contributed by atoms with E-state index in [2.05, 4.69) is 10.6 Å². The summed E-state index contributed by atoms with van der Waals surface area (Å²) in [7, 11) is 1.62. The highest BCUT2D eigenvalue weighted by Gasteiger charge is 2.14. The zero-order valence-corrected chi connectivity index (χ0v) is 13.9. The Balaban J connectivity index is 1.73. The molecule has 24 heavy (non-hydrogen) atoms. The molecule has 0 aromatic heterocycles.